The highest BCUT2D eigenvalue weighted by atomic mass is 35.5. The third-order valence-corrected chi connectivity index (χ3v) is 6.98. The van der Waals surface area contributed by atoms with Crippen molar-refractivity contribution < 1.29 is 5.11 Å². The van der Waals surface area contributed by atoms with Gasteiger partial charge in [-0.3, -0.25) is 0 Å². The quantitative estimate of drug-likeness (QED) is 0.265. The van der Waals surface area contributed by atoms with E-state index >= 15 is 0 Å². The molecule has 35 heavy (non-hydrogen) atoms. The summed E-state index contributed by atoms with van der Waals surface area (Å²) in [6.45, 7) is 0.867. The molecule has 2 aromatic heterocycles. The van der Waals surface area contributed by atoms with Gasteiger partial charge in [0.05, 0.1) is 30.2 Å². The molecule has 0 aliphatic rings. The standard InChI is InChI=1S/C29H23Cl2N3O/c30-20-10-12-26-23(15-20)24-16-21(31)11-13-27(24)33(26)17-22(35)18-34-28-9-5-4-8-25(28)32-29(34)14-19-6-2-1-3-7-19/h1-13,15-16,22,35H,14,17-18H2. The van der Waals surface area contributed by atoms with Gasteiger partial charge in [-0.25, -0.2) is 4.98 Å². The Morgan fingerprint density at radius 2 is 1.29 bits per heavy atom. The largest absolute Gasteiger partial charge is 0.389 e. The first-order valence-electron chi connectivity index (χ1n) is 11.6. The lowest BCUT2D eigenvalue weighted by atomic mass is 10.1. The number of aliphatic hydroxyl groups excluding tert-OH is 1. The molecular formula is C29H23Cl2N3O. The molecule has 6 heteroatoms. The third-order valence-electron chi connectivity index (χ3n) is 6.51. The van der Waals surface area contributed by atoms with Crippen molar-refractivity contribution in [3.8, 4) is 0 Å². The number of hydrogen-bond acceptors (Lipinski definition) is 2. The molecule has 4 nitrogen and oxygen atoms in total. The number of para-hydroxylation sites is 2. The number of aliphatic hydroxyl groups is 1. The van der Waals surface area contributed by atoms with Crippen molar-refractivity contribution in [2.24, 2.45) is 0 Å². The fourth-order valence-corrected chi connectivity index (χ4v) is 5.31. The average Bonchev–Trinajstić information content (AvgIpc) is 3.34. The summed E-state index contributed by atoms with van der Waals surface area (Å²) in [5.41, 5.74) is 5.19. The molecule has 0 bridgehead atoms. The number of aromatic nitrogens is 3. The van der Waals surface area contributed by atoms with Crippen LogP contribution in [0.3, 0.4) is 0 Å². The fourth-order valence-electron chi connectivity index (χ4n) is 4.97. The normalized spacial score (nSPS) is 12.7. The third kappa shape index (κ3) is 4.19. The van der Waals surface area contributed by atoms with E-state index in [1.165, 1.54) is 5.56 Å². The van der Waals surface area contributed by atoms with Crippen LogP contribution >= 0.6 is 23.2 Å². The van der Waals surface area contributed by atoms with E-state index in [0.29, 0.717) is 29.6 Å². The second-order valence-corrected chi connectivity index (χ2v) is 9.75. The Balaban J connectivity index is 1.38. The molecule has 0 amide bonds. The molecule has 0 saturated heterocycles. The van der Waals surface area contributed by atoms with Crippen molar-refractivity contribution in [2.45, 2.75) is 25.6 Å². The predicted molar refractivity (Wildman–Crippen MR) is 144 cm³/mol. The summed E-state index contributed by atoms with van der Waals surface area (Å²) in [5, 5.41) is 14.8. The molecule has 1 atom stereocenters. The summed E-state index contributed by atoms with van der Waals surface area (Å²) in [6, 6.07) is 30.1. The Hall–Kier alpha value is -3.31. The average molecular weight is 500 g/mol. The SMILES string of the molecule is OC(Cn1c(Cc2ccccc2)nc2ccccc21)Cn1c2ccc(Cl)cc2c2cc(Cl)ccc21. The molecule has 0 fully saturated rings. The summed E-state index contributed by atoms with van der Waals surface area (Å²) in [7, 11) is 0. The zero-order chi connectivity index (χ0) is 23.9. The van der Waals surface area contributed by atoms with Gasteiger partial charge in [0.2, 0.25) is 0 Å². The predicted octanol–water partition coefficient (Wildman–Crippen LogP) is 7.10. The van der Waals surface area contributed by atoms with Crippen LogP contribution in [0.1, 0.15) is 11.4 Å². The second kappa shape index (κ2) is 9.04. The maximum Gasteiger partial charge on any atom is 0.114 e. The summed E-state index contributed by atoms with van der Waals surface area (Å²) >= 11 is 12.6. The molecule has 1 unspecified atom stereocenters. The van der Waals surface area contributed by atoms with Gasteiger partial charge in [0, 0.05) is 38.3 Å². The van der Waals surface area contributed by atoms with Crippen LogP contribution in [0.2, 0.25) is 10.0 Å². The van der Waals surface area contributed by atoms with Crippen molar-refractivity contribution in [3.05, 3.63) is 112 Å². The van der Waals surface area contributed by atoms with Crippen LogP contribution in [0.5, 0.6) is 0 Å². The molecule has 2 heterocycles. The zero-order valence-corrected chi connectivity index (χ0v) is 20.4. The van der Waals surface area contributed by atoms with E-state index in [2.05, 4.69) is 27.3 Å². The van der Waals surface area contributed by atoms with E-state index in [9.17, 15) is 5.11 Å². The lowest BCUT2D eigenvalue weighted by molar-refractivity contribution is 0.137. The lowest BCUT2D eigenvalue weighted by Gasteiger charge is -2.17. The van der Waals surface area contributed by atoms with Crippen LogP contribution in [0.15, 0.2) is 91.0 Å². The number of imidazole rings is 1. The highest BCUT2D eigenvalue weighted by Crippen LogP contribution is 2.33. The van der Waals surface area contributed by atoms with Gasteiger partial charge in [-0.15, -0.1) is 0 Å². The Morgan fingerprint density at radius 1 is 0.686 bits per heavy atom. The lowest BCUT2D eigenvalue weighted by Crippen LogP contribution is -2.23. The first kappa shape index (κ1) is 22.2. The number of rotatable bonds is 6. The number of halogens is 2. The highest BCUT2D eigenvalue weighted by Gasteiger charge is 2.18. The smallest absolute Gasteiger partial charge is 0.114 e. The minimum atomic E-state index is -0.632. The van der Waals surface area contributed by atoms with E-state index in [-0.39, 0.29) is 0 Å². The van der Waals surface area contributed by atoms with Gasteiger partial charge in [0.1, 0.15) is 5.82 Å². The van der Waals surface area contributed by atoms with Crippen LogP contribution in [-0.4, -0.2) is 25.3 Å². The van der Waals surface area contributed by atoms with Crippen LogP contribution in [0, 0.1) is 0 Å². The molecule has 0 saturated carbocycles. The molecule has 0 aliphatic heterocycles. The summed E-state index contributed by atoms with van der Waals surface area (Å²) < 4.78 is 4.30. The Morgan fingerprint density at radius 3 is 1.97 bits per heavy atom. The Bertz CT molecular complexity index is 1610. The maximum atomic E-state index is 11.3. The fraction of sp³-hybridized carbons (Fsp3) is 0.138. The van der Waals surface area contributed by atoms with Crippen LogP contribution in [-0.2, 0) is 19.5 Å². The van der Waals surface area contributed by atoms with Crippen molar-refractivity contribution in [3.63, 3.8) is 0 Å². The topological polar surface area (TPSA) is 43.0 Å². The molecule has 6 rings (SSSR count). The number of nitrogens with zero attached hydrogens (tertiary/aromatic N) is 3. The first-order chi connectivity index (χ1) is 17.1. The first-order valence-corrected chi connectivity index (χ1v) is 12.4. The van der Waals surface area contributed by atoms with E-state index in [4.69, 9.17) is 28.2 Å². The Labute approximate surface area is 213 Å². The monoisotopic (exact) mass is 499 g/mol. The second-order valence-electron chi connectivity index (χ2n) is 8.88. The summed E-state index contributed by atoms with van der Waals surface area (Å²) in [5.74, 6) is 0.942. The number of fused-ring (bicyclic) bond motifs is 4. The van der Waals surface area contributed by atoms with Crippen LogP contribution < -0.4 is 0 Å². The maximum absolute atomic E-state index is 11.3. The highest BCUT2D eigenvalue weighted by molar-refractivity contribution is 6.33. The van der Waals surface area contributed by atoms with Crippen molar-refractivity contribution >= 4 is 56.0 Å². The Kier molecular flexibility index (Phi) is 5.73. The van der Waals surface area contributed by atoms with Gasteiger partial charge in [0.15, 0.2) is 0 Å². The molecule has 1 N–H and O–H groups in total. The zero-order valence-electron chi connectivity index (χ0n) is 18.9. The van der Waals surface area contributed by atoms with E-state index in [1.807, 2.05) is 72.8 Å². The van der Waals surface area contributed by atoms with Crippen molar-refractivity contribution in [2.75, 3.05) is 0 Å². The van der Waals surface area contributed by atoms with Crippen molar-refractivity contribution in [1.82, 2.24) is 14.1 Å². The van der Waals surface area contributed by atoms with Gasteiger partial charge < -0.3 is 14.2 Å². The molecule has 0 spiro atoms. The van der Waals surface area contributed by atoms with Gasteiger partial charge in [-0.2, -0.15) is 0 Å². The van der Waals surface area contributed by atoms with Gasteiger partial charge >= 0.3 is 0 Å². The van der Waals surface area contributed by atoms with Gasteiger partial charge in [0.25, 0.3) is 0 Å². The minimum absolute atomic E-state index is 0.431. The molecule has 174 valence electrons. The molecule has 0 aliphatic carbocycles. The summed E-state index contributed by atoms with van der Waals surface area (Å²) in [4.78, 5) is 4.89. The molecule has 6 aromatic rings. The molecule has 0 radical (unpaired) electrons. The molecule has 4 aromatic carbocycles. The van der Waals surface area contributed by atoms with E-state index in [0.717, 1.165) is 38.7 Å². The number of hydrogen-bond donors (Lipinski definition) is 1. The van der Waals surface area contributed by atoms with E-state index < -0.39 is 6.10 Å². The van der Waals surface area contributed by atoms with Gasteiger partial charge in [-0.05, 0) is 54.1 Å². The van der Waals surface area contributed by atoms with Crippen LogP contribution in [0.4, 0.5) is 0 Å². The van der Waals surface area contributed by atoms with Crippen LogP contribution in [0.25, 0.3) is 32.8 Å². The number of benzene rings is 4. The van der Waals surface area contributed by atoms with Gasteiger partial charge in [-0.1, -0.05) is 65.7 Å². The van der Waals surface area contributed by atoms with E-state index in [1.54, 1.807) is 0 Å². The van der Waals surface area contributed by atoms with Crippen molar-refractivity contribution in [1.29, 1.82) is 0 Å². The molecular weight excluding hydrogens is 477 g/mol. The minimum Gasteiger partial charge on any atom is -0.389 e. The summed E-state index contributed by atoms with van der Waals surface area (Å²) in [6.07, 6.45) is 0.0709.